The zero-order valence-corrected chi connectivity index (χ0v) is 27.0. The molecule has 8 rings (SSSR count). The monoisotopic (exact) mass is 628 g/mol. The zero-order valence-electron chi connectivity index (χ0n) is 26.2. The number of likely N-dealkylation sites (tertiary alicyclic amines) is 1. The van der Waals surface area contributed by atoms with E-state index in [1.165, 1.54) is 32.7 Å². The second kappa shape index (κ2) is 14.8. The highest BCUT2D eigenvalue weighted by molar-refractivity contribution is 5.85. The molecule has 4 nitrogen and oxygen atoms in total. The third-order valence-electron chi connectivity index (χ3n) is 8.98. The summed E-state index contributed by atoms with van der Waals surface area (Å²) in [4.78, 5) is 2.34. The first-order valence-corrected chi connectivity index (χ1v) is 16.0. The Labute approximate surface area is 278 Å². The Morgan fingerprint density at radius 1 is 0.522 bits per heavy atom. The quantitative estimate of drug-likeness (QED) is 0.182. The van der Waals surface area contributed by atoms with E-state index in [0.717, 1.165) is 37.7 Å². The highest BCUT2D eigenvalue weighted by atomic mass is 35.5. The van der Waals surface area contributed by atoms with Crippen LogP contribution in [0.4, 0.5) is 0 Å². The fourth-order valence-electron chi connectivity index (χ4n) is 6.40. The number of nitrogens with one attached hydrogen (secondary N) is 1. The van der Waals surface area contributed by atoms with Gasteiger partial charge in [0, 0.05) is 38.0 Å². The average molecular weight is 629 g/mol. The van der Waals surface area contributed by atoms with Gasteiger partial charge in [0.2, 0.25) is 0 Å². The highest BCUT2D eigenvalue weighted by Crippen LogP contribution is 2.35. The third-order valence-corrected chi connectivity index (χ3v) is 8.98. The molecule has 2 unspecified atom stereocenters. The van der Waals surface area contributed by atoms with Gasteiger partial charge >= 0.3 is 0 Å². The minimum atomic E-state index is 0. The molecule has 234 valence electrons. The molecule has 1 N–H and O–H groups in total. The van der Waals surface area contributed by atoms with Gasteiger partial charge in [0.05, 0.1) is 0 Å². The maximum absolute atomic E-state index is 6.38. The summed E-state index contributed by atoms with van der Waals surface area (Å²) >= 11 is 0. The molecule has 5 heteroatoms. The molecule has 0 saturated carbocycles. The van der Waals surface area contributed by atoms with Crippen LogP contribution in [-0.4, -0.2) is 38.1 Å². The van der Waals surface area contributed by atoms with Crippen molar-refractivity contribution in [2.24, 2.45) is 11.8 Å². The molecule has 6 aromatic rings. The van der Waals surface area contributed by atoms with Crippen molar-refractivity contribution in [3.8, 4) is 11.5 Å². The Balaban J connectivity index is 0.000000158. The van der Waals surface area contributed by atoms with Gasteiger partial charge in [0.15, 0.2) is 0 Å². The van der Waals surface area contributed by atoms with Crippen LogP contribution < -0.4 is 14.8 Å². The lowest BCUT2D eigenvalue weighted by Gasteiger charge is -2.41. The van der Waals surface area contributed by atoms with E-state index in [2.05, 4.69) is 102 Å². The third kappa shape index (κ3) is 7.37. The number of rotatable bonds is 8. The summed E-state index contributed by atoms with van der Waals surface area (Å²) in [6.45, 7) is 4.21. The molecule has 0 bridgehead atoms. The lowest BCUT2D eigenvalue weighted by Crippen LogP contribution is -2.47. The van der Waals surface area contributed by atoms with Crippen molar-refractivity contribution in [1.82, 2.24) is 10.2 Å². The number of para-hydroxylation sites is 2. The minimum Gasteiger partial charge on any atom is -0.485 e. The summed E-state index contributed by atoms with van der Waals surface area (Å²) < 4.78 is 12.7. The number of halogens is 1. The second-order valence-corrected chi connectivity index (χ2v) is 12.3. The summed E-state index contributed by atoms with van der Waals surface area (Å²) in [6, 6.07) is 50.6. The first kappa shape index (κ1) is 31.6. The zero-order chi connectivity index (χ0) is 30.4. The number of hydrogen-bond acceptors (Lipinski definition) is 4. The highest BCUT2D eigenvalue weighted by Gasteiger charge is 2.34. The maximum Gasteiger partial charge on any atom is 0.129 e. The number of nitrogens with zero attached hydrogens (tertiary/aromatic N) is 1. The minimum absolute atomic E-state index is 0. The number of hydrogen-bond donors (Lipinski definition) is 1. The molecular formula is C41H41ClN2O2. The van der Waals surface area contributed by atoms with E-state index in [9.17, 15) is 0 Å². The fraction of sp³-hybridized carbons (Fsp3) is 0.220. The SMILES string of the molecule is CN1CC(C(Oc2ccccc2)c2ccc3ccccc3c2)C1.Cl.c1ccc(OC(c2ccc3ccccc3c2)C2CNC2)cc1. The molecule has 2 aliphatic heterocycles. The summed E-state index contributed by atoms with van der Waals surface area (Å²) in [5.74, 6) is 2.95. The van der Waals surface area contributed by atoms with Crippen molar-refractivity contribution in [3.63, 3.8) is 0 Å². The average Bonchev–Trinajstić information content (AvgIpc) is 3.06. The summed E-state index contributed by atoms with van der Waals surface area (Å²) in [5.41, 5.74) is 2.53. The summed E-state index contributed by atoms with van der Waals surface area (Å²) in [7, 11) is 2.16. The molecule has 46 heavy (non-hydrogen) atoms. The van der Waals surface area contributed by atoms with Crippen LogP contribution in [0, 0.1) is 11.8 Å². The number of ether oxygens (including phenoxy) is 2. The van der Waals surface area contributed by atoms with Crippen molar-refractivity contribution in [2.45, 2.75) is 12.2 Å². The smallest absolute Gasteiger partial charge is 0.129 e. The van der Waals surface area contributed by atoms with Crippen LogP contribution in [0.5, 0.6) is 11.5 Å². The van der Waals surface area contributed by atoms with E-state index in [0.29, 0.717) is 11.8 Å². The van der Waals surface area contributed by atoms with E-state index >= 15 is 0 Å². The van der Waals surface area contributed by atoms with Crippen molar-refractivity contribution < 1.29 is 9.47 Å². The van der Waals surface area contributed by atoms with E-state index in [1.807, 2.05) is 60.7 Å². The van der Waals surface area contributed by atoms with Crippen LogP contribution in [0.1, 0.15) is 23.3 Å². The Morgan fingerprint density at radius 3 is 1.35 bits per heavy atom. The van der Waals surface area contributed by atoms with Gasteiger partial charge in [0.1, 0.15) is 23.7 Å². The van der Waals surface area contributed by atoms with Crippen LogP contribution in [0.15, 0.2) is 146 Å². The van der Waals surface area contributed by atoms with Gasteiger partial charge in [-0.05, 0) is 76.1 Å². The van der Waals surface area contributed by atoms with Crippen molar-refractivity contribution in [1.29, 1.82) is 0 Å². The molecule has 0 aliphatic carbocycles. The molecule has 2 heterocycles. The Hall–Kier alpha value is -4.35. The van der Waals surface area contributed by atoms with Gasteiger partial charge in [-0.3, -0.25) is 0 Å². The molecule has 2 fully saturated rings. The molecule has 6 aromatic carbocycles. The van der Waals surface area contributed by atoms with E-state index in [4.69, 9.17) is 9.47 Å². The van der Waals surface area contributed by atoms with Gasteiger partial charge < -0.3 is 19.7 Å². The van der Waals surface area contributed by atoms with Crippen LogP contribution in [0.2, 0.25) is 0 Å². The van der Waals surface area contributed by atoms with E-state index < -0.39 is 0 Å². The molecule has 0 aromatic heterocycles. The molecule has 2 aliphatic rings. The second-order valence-electron chi connectivity index (χ2n) is 12.3. The standard InChI is InChI=1S/C21H21NO.C20H19NO.ClH/c1-22-14-19(15-22)21(23-20-9-3-2-4-10-20)18-12-11-16-7-5-6-8-17(16)13-18;1-2-8-19(9-3-1)22-20(18-13-21-14-18)17-11-10-15-6-4-5-7-16(15)12-17;/h2-13,19,21H,14-15H2,1H3;1-12,18,20-21H,13-14H2;1H. The number of fused-ring (bicyclic) bond motifs is 2. The van der Waals surface area contributed by atoms with Gasteiger partial charge in [-0.2, -0.15) is 0 Å². The first-order valence-electron chi connectivity index (χ1n) is 16.0. The van der Waals surface area contributed by atoms with Crippen molar-refractivity contribution >= 4 is 34.0 Å². The van der Waals surface area contributed by atoms with E-state index in [-0.39, 0.29) is 24.6 Å². The summed E-state index contributed by atoms with van der Waals surface area (Å²) in [5, 5.41) is 8.46. The van der Waals surface area contributed by atoms with Crippen LogP contribution >= 0.6 is 12.4 Å². The predicted molar refractivity (Wildman–Crippen MR) is 192 cm³/mol. The lowest BCUT2D eigenvalue weighted by molar-refractivity contribution is 0.0241. The molecule has 0 amide bonds. The molecule has 2 atom stereocenters. The van der Waals surface area contributed by atoms with Crippen LogP contribution in [-0.2, 0) is 0 Å². The van der Waals surface area contributed by atoms with Gasteiger partial charge in [-0.1, -0.05) is 109 Å². The van der Waals surface area contributed by atoms with Crippen LogP contribution in [0.25, 0.3) is 21.5 Å². The topological polar surface area (TPSA) is 33.7 Å². The molecular weight excluding hydrogens is 588 g/mol. The molecule has 2 saturated heterocycles. The lowest BCUT2D eigenvalue weighted by atomic mass is 9.88. The Bertz CT molecular complexity index is 1840. The van der Waals surface area contributed by atoms with Gasteiger partial charge in [-0.15, -0.1) is 12.4 Å². The fourth-order valence-corrected chi connectivity index (χ4v) is 6.40. The van der Waals surface area contributed by atoms with Gasteiger partial charge in [-0.25, -0.2) is 0 Å². The van der Waals surface area contributed by atoms with Crippen molar-refractivity contribution in [3.05, 3.63) is 157 Å². The Morgan fingerprint density at radius 2 is 0.935 bits per heavy atom. The largest absolute Gasteiger partial charge is 0.485 e. The molecule has 0 radical (unpaired) electrons. The number of benzene rings is 6. The van der Waals surface area contributed by atoms with E-state index in [1.54, 1.807) is 0 Å². The summed E-state index contributed by atoms with van der Waals surface area (Å²) in [6.07, 6.45) is 0.214. The first-order chi connectivity index (χ1) is 22.2. The molecule has 0 spiro atoms. The van der Waals surface area contributed by atoms with Gasteiger partial charge in [0.25, 0.3) is 0 Å². The Kier molecular flexibility index (Phi) is 10.2. The predicted octanol–water partition coefficient (Wildman–Crippen LogP) is 9.12. The van der Waals surface area contributed by atoms with Crippen LogP contribution in [0.3, 0.4) is 0 Å². The van der Waals surface area contributed by atoms with Crippen molar-refractivity contribution in [2.75, 3.05) is 33.2 Å². The normalized spacial score (nSPS) is 16.2. The maximum atomic E-state index is 6.38.